The molecule has 3 aromatic rings. The van der Waals surface area contributed by atoms with Crippen molar-refractivity contribution in [2.24, 2.45) is 0 Å². The highest BCUT2D eigenvalue weighted by molar-refractivity contribution is 5.92. The molecule has 11 heteroatoms. The van der Waals surface area contributed by atoms with Gasteiger partial charge in [-0.25, -0.2) is 13.9 Å². The van der Waals surface area contributed by atoms with E-state index in [2.05, 4.69) is 15.6 Å². The Morgan fingerprint density at radius 3 is 2.88 bits per heavy atom. The molecule has 1 saturated heterocycles. The average Bonchev–Trinajstić information content (AvgIpc) is 3.43. The Balaban J connectivity index is 1.42. The first-order chi connectivity index (χ1) is 15.3. The molecule has 1 aliphatic heterocycles. The summed E-state index contributed by atoms with van der Waals surface area (Å²) in [6.45, 7) is 4.03. The van der Waals surface area contributed by atoms with Crippen molar-refractivity contribution in [2.75, 3.05) is 6.54 Å². The van der Waals surface area contributed by atoms with E-state index < -0.39 is 18.0 Å². The second-order valence-electron chi connectivity index (χ2n) is 8.22. The summed E-state index contributed by atoms with van der Waals surface area (Å²) in [5, 5.41) is 10.5. The summed E-state index contributed by atoms with van der Waals surface area (Å²) in [6, 6.07) is 6.53. The zero-order valence-corrected chi connectivity index (χ0v) is 17.9. The zero-order valence-electron chi connectivity index (χ0n) is 17.9. The molecule has 1 aromatic carbocycles. The lowest BCUT2D eigenvalue weighted by Crippen LogP contribution is -2.39. The van der Waals surface area contributed by atoms with Gasteiger partial charge in [-0.3, -0.25) is 14.2 Å². The molecule has 1 N–H and O–H groups in total. The summed E-state index contributed by atoms with van der Waals surface area (Å²) in [5.41, 5.74) is 1.23. The van der Waals surface area contributed by atoms with Crippen LogP contribution in [0.2, 0.25) is 0 Å². The number of nitrogens with one attached hydrogen (secondary N) is 1. The van der Waals surface area contributed by atoms with Gasteiger partial charge in [0.1, 0.15) is 6.17 Å². The van der Waals surface area contributed by atoms with Gasteiger partial charge in [0.05, 0.1) is 30.8 Å². The fourth-order valence-corrected chi connectivity index (χ4v) is 3.96. The topological polar surface area (TPSA) is 115 Å². The molecule has 0 bridgehead atoms. The summed E-state index contributed by atoms with van der Waals surface area (Å²) < 4.78 is 22.2. The van der Waals surface area contributed by atoms with Crippen LogP contribution in [0.3, 0.4) is 0 Å². The highest BCUT2D eigenvalue weighted by Crippen LogP contribution is 2.23. The van der Waals surface area contributed by atoms with Gasteiger partial charge in [0.2, 0.25) is 5.91 Å². The van der Waals surface area contributed by atoms with Gasteiger partial charge in [-0.1, -0.05) is 17.3 Å². The third kappa shape index (κ3) is 4.56. The number of likely N-dealkylation sites (tertiary alicyclic amines) is 1. The summed E-state index contributed by atoms with van der Waals surface area (Å²) in [4.78, 5) is 38.5. The molecular weight excluding hydrogens is 419 g/mol. The molecule has 1 fully saturated rings. The molecule has 0 unspecified atom stereocenters. The number of carbonyl (C=O) groups is 2. The maximum Gasteiger partial charge on any atom is 0.419 e. The summed E-state index contributed by atoms with van der Waals surface area (Å²) in [5.74, 6) is -1.13. The van der Waals surface area contributed by atoms with E-state index in [1.165, 1.54) is 20.3 Å². The van der Waals surface area contributed by atoms with E-state index in [0.717, 1.165) is 0 Å². The predicted molar refractivity (Wildman–Crippen MR) is 113 cm³/mol. The molecule has 0 aliphatic carbocycles. The maximum atomic E-state index is 14.2. The van der Waals surface area contributed by atoms with E-state index in [4.69, 9.17) is 4.42 Å². The quantitative estimate of drug-likeness (QED) is 0.588. The van der Waals surface area contributed by atoms with Crippen LogP contribution < -0.4 is 11.1 Å². The zero-order chi connectivity index (χ0) is 22.8. The van der Waals surface area contributed by atoms with E-state index >= 15 is 0 Å². The van der Waals surface area contributed by atoms with Crippen LogP contribution in [0.1, 0.15) is 37.2 Å². The Bertz CT molecular complexity index is 1180. The smallest absolute Gasteiger partial charge is 0.408 e. The second kappa shape index (κ2) is 8.93. The number of oxazole rings is 1. The normalized spacial score (nSPS) is 18.6. The van der Waals surface area contributed by atoms with Gasteiger partial charge in [-0.05, 0) is 26.0 Å². The third-order valence-electron chi connectivity index (χ3n) is 5.40. The number of aryl methyl sites for hydroxylation is 1. The van der Waals surface area contributed by atoms with Gasteiger partial charge in [-0.15, -0.1) is 5.10 Å². The van der Waals surface area contributed by atoms with E-state index in [9.17, 15) is 18.8 Å². The van der Waals surface area contributed by atoms with Gasteiger partial charge < -0.3 is 14.6 Å². The van der Waals surface area contributed by atoms with Crippen LogP contribution in [0.4, 0.5) is 4.39 Å². The Kier molecular flexibility index (Phi) is 6.06. The molecule has 170 valence electrons. The minimum absolute atomic E-state index is 0.0140. The van der Waals surface area contributed by atoms with E-state index in [0.29, 0.717) is 11.1 Å². The van der Waals surface area contributed by atoms with Crippen molar-refractivity contribution in [1.29, 1.82) is 0 Å². The van der Waals surface area contributed by atoms with Crippen LogP contribution in [-0.2, 0) is 17.9 Å². The van der Waals surface area contributed by atoms with Crippen molar-refractivity contribution in [3.63, 3.8) is 0 Å². The van der Waals surface area contributed by atoms with Crippen LogP contribution in [-0.4, -0.2) is 61.1 Å². The van der Waals surface area contributed by atoms with E-state index in [1.54, 1.807) is 24.3 Å². The largest absolute Gasteiger partial charge is 0.419 e. The Morgan fingerprint density at radius 2 is 2.09 bits per heavy atom. The number of carbonyl (C=O) groups excluding carboxylic acids is 2. The highest BCUT2D eigenvalue weighted by atomic mass is 19.1. The van der Waals surface area contributed by atoms with Gasteiger partial charge >= 0.3 is 5.76 Å². The maximum absolute atomic E-state index is 14.2. The Morgan fingerprint density at radius 1 is 1.31 bits per heavy atom. The molecule has 0 radical (unpaired) electrons. The third-order valence-corrected chi connectivity index (χ3v) is 5.40. The number of alkyl halides is 1. The van der Waals surface area contributed by atoms with Gasteiger partial charge in [0.15, 0.2) is 11.3 Å². The van der Waals surface area contributed by atoms with Gasteiger partial charge in [-0.2, -0.15) is 0 Å². The summed E-state index contributed by atoms with van der Waals surface area (Å²) >= 11 is 0. The first-order valence-electron chi connectivity index (χ1n) is 10.5. The minimum Gasteiger partial charge on any atom is -0.408 e. The van der Waals surface area contributed by atoms with Crippen LogP contribution in [0.5, 0.6) is 0 Å². The minimum atomic E-state index is -1.14. The number of hydrogen-bond acceptors (Lipinski definition) is 6. The number of para-hydroxylation sites is 2. The molecule has 32 heavy (non-hydrogen) atoms. The molecule has 0 spiro atoms. The average molecular weight is 444 g/mol. The lowest BCUT2D eigenvalue weighted by molar-refractivity contribution is -0.132. The molecule has 3 heterocycles. The molecule has 4 rings (SSSR count). The lowest BCUT2D eigenvalue weighted by atomic mass is 10.2. The van der Waals surface area contributed by atoms with Crippen LogP contribution in [0.25, 0.3) is 11.1 Å². The van der Waals surface area contributed by atoms with Crippen LogP contribution in [0.15, 0.2) is 39.7 Å². The number of benzene rings is 1. The van der Waals surface area contributed by atoms with Crippen molar-refractivity contribution in [2.45, 2.75) is 58.0 Å². The molecule has 2 amide bonds. The number of hydrogen-bond donors (Lipinski definition) is 1. The second-order valence-corrected chi connectivity index (χ2v) is 8.22. The van der Waals surface area contributed by atoms with Crippen molar-refractivity contribution in [1.82, 2.24) is 29.8 Å². The van der Waals surface area contributed by atoms with Crippen LogP contribution in [0, 0.1) is 0 Å². The molecule has 2 atom stereocenters. The highest BCUT2D eigenvalue weighted by Gasteiger charge is 2.35. The van der Waals surface area contributed by atoms with Crippen molar-refractivity contribution in [3.05, 3.63) is 46.7 Å². The SMILES string of the molecule is CC(C)NC(=O)c1cn(C[C@@H]2C[C@H](F)CN2C(=O)CCn2c(=O)oc3ccccc32)nn1. The monoisotopic (exact) mass is 444 g/mol. The van der Waals surface area contributed by atoms with Crippen LogP contribution >= 0.6 is 0 Å². The van der Waals surface area contributed by atoms with Gasteiger partial charge in [0.25, 0.3) is 5.91 Å². The van der Waals surface area contributed by atoms with Crippen molar-refractivity contribution < 1.29 is 18.4 Å². The summed E-state index contributed by atoms with van der Waals surface area (Å²) in [6.07, 6.45) is 0.553. The first-order valence-corrected chi connectivity index (χ1v) is 10.5. The number of halogens is 1. The van der Waals surface area contributed by atoms with E-state index in [1.807, 2.05) is 13.8 Å². The first kappa shape index (κ1) is 21.7. The van der Waals surface area contributed by atoms with Crippen molar-refractivity contribution in [3.8, 4) is 0 Å². The van der Waals surface area contributed by atoms with Crippen molar-refractivity contribution >= 4 is 22.9 Å². The van der Waals surface area contributed by atoms with Gasteiger partial charge in [0, 0.05) is 25.4 Å². The predicted octanol–water partition coefficient (Wildman–Crippen LogP) is 1.35. The fraction of sp³-hybridized carbons (Fsp3) is 0.476. The number of fused-ring (bicyclic) bond motifs is 1. The molecular formula is C21H25FN6O4. The molecule has 0 saturated carbocycles. The lowest BCUT2D eigenvalue weighted by Gasteiger charge is -2.24. The number of nitrogens with zero attached hydrogens (tertiary/aromatic N) is 5. The molecule has 2 aromatic heterocycles. The fourth-order valence-electron chi connectivity index (χ4n) is 3.96. The number of aromatic nitrogens is 4. The number of rotatable bonds is 7. The summed E-state index contributed by atoms with van der Waals surface area (Å²) in [7, 11) is 0. The molecule has 1 aliphatic rings. The Labute approximate surface area is 183 Å². The van der Waals surface area contributed by atoms with E-state index in [-0.39, 0.29) is 56.0 Å². The molecule has 10 nitrogen and oxygen atoms in total. The number of amides is 2. The Hall–Kier alpha value is -3.50. The standard InChI is InChI=1S/C21H25FN6O4/c1-13(2)23-20(30)16-12-26(25-24-16)11-15-9-14(22)10-28(15)19(29)7-8-27-17-5-3-4-6-18(17)32-21(27)31/h3-6,12-15H,7-11H2,1-2H3,(H,23,30)/t14-,15-/m0/s1.